The van der Waals surface area contributed by atoms with E-state index in [0.717, 1.165) is 42.0 Å². The molecule has 2 atom stereocenters. The first-order chi connectivity index (χ1) is 14.8. The molecule has 0 bridgehead atoms. The number of nitrogens with one attached hydrogen (secondary N) is 2. The van der Waals surface area contributed by atoms with Gasteiger partial charge in [-0.2, -0.15) is 0 Å². The van der Waals surface area contributed by atoms with Crippen molar-refractivity contribution in [1.82, 2.24) is 10.6 Å². The number of rotatable bonds is 6. The van der Waals surface area contributed by atoms with Gasteiger partial charge in [-0.1, -0.05) is 30.3 Å². The van der Waals surface area contributed by atoms with Crippen molar-refractivity contribution in [2.24, 2.45) is 0 Å². The molecule has 2 aliphatic heterocycles. The fraction of sp³-hybridized carbons (Fsp3) is 0.500. The monoisotopic (exact) mass is 421 g/mol. The van der Waals surface area contributed by atoms with Gasteiger partial charge >= 0.3 is 0 Å². The van der Waals surface area contributed by atoms with E-state index in [4.69, 9.17) is 4.74 Å². The molecule has 0 aromatic heterocycles. The molecule has 1 amide bonds. The van der Waals surface area contributed by atoms with Crippen molar-refractivity contribution in [3.63, 3.8) is 0 Å². The van der Waals surface area contributed by atoms with Crippen LogP contribution < -0.4 is 20.3 Å². The first-order valence-corrected chi connectivity index (χ1v) is 11.4. The number of benzene rings is 2. The van der Waals surface area contributed by atoms with Gasteiger partial charge in [0.15, 0.2) is 0 Å². The molecule has 0 saturated carbocycles. The van der Waals surface area contributed by atoms with Crippen molar-refractivity contribution in [3.8, 4) is 5.75 Å². The average molecular weight is 422 g/mol. The van der Waals surface area contributed by atoms with E-state index in [9.17, 15) is 4.79 Å². The van der Waals surface area contributed by atoms with Crippen LogP contribution in [0, 0.1) is 0 Å². The number of carbonyl (C=O) groups excluding carboxylic acids is 1. The van der Waals surface area contributed by atoms with E-state index >= 15 is 0 Å². The zero-order valence-corrected chi connectivity index (χ0v) is 19.4. The van der Waals surface area contributed by atoms with Crippen LogP contribution in [0.25, 0.3) is 0 Å². The Morgan fingerprint density at radius 3 is 2.68 bits per heavy atom. The summed E-state index contributed by atoms with van der Waals surface area (Å²) in [5.41, 5.74) is 3.94. The van der Waals surface area contributed by atoms with Gasteiger partial charge in [-0.3, -0.25) is 4.79 Å². The van der Waals surface area contributed by atoms with Gasteiger partial charge in [-0.05, 0) is 64.3 Å². The van der Waals surface area contributed by atoms with Gasteiger partial charge in [0.25, 0.3) is 0 Å². The van der Waals surface area contributed by atoms with Crippen LogP contribution in [0.15, 0.2) is 42.5 Å². The number of hydrogen-bond donors (Lipinski definition) is 2. The van der Waals surface area contributed by atoms with Crippen molar-refractivity contribution in [3.05, 3.63) is 59.2 Å². The van der Waals surface area contributed by atoms with Gasteiger partial charge in [0.1, 0.15) is 5.75 Å². The summed E-state index contributed by atoms with van der Waals surface area (Å²) >= 11 is 0. The molecule has 2 aromatic rings. The van der Waals surface area contributed by atoms with Gasteiger partial charge in [0.05, 0.1) is 17.2 Å². The van der Waals surface area contributed by atoms with Gasteiger partial charge in [0.2, 0.25) is 5.91 Å². The first-order valence-electron chi connectivity index (χ1n) is 11.4. The van der Waals surface area contributed by atoms with Crippen LogP contribution in [0.5, 0.6) is 5.75 Å². The zero-order chi connectivity index (χ0) is 22.2. The smallest absolute Gasteiger partial charge is 0.236 e. The van der Waals surface area contributed by atoms with Crippen molar-refractivity contribution >= 4 is 11.6 Å². The van der Waals surface area contributed by atoms with E-state index in [1.165, 1.54) is 5.56 Å². The third-order valence-corrected chi connectivity index (χ3v) is 6.59. The summed E-state index contributed by atoms with van der Waals surface area (Å²) in [6.07, 6.45) is 2.36. The topological polar surface area (TPSA) is 53.6 Å². The maximum absolute atomic E-state index is 12.8. The Kier molecular flexibility index (Phi) is 6.09. The lowest BCUT2D eigenvalue weighted by Crippen LogP contribution is -2.45. The van der Waals surface area contributed by atoms with Crippen LogP contribution in [0.3, 0.4) is 0 Å². The highest BCUT2D eigenvalue weighted by atomic mass is 16.5. The van der Waals surface area contributed by atoms with E-state index in [-0.39, 0.29) is 12.0 Å². The maximum Gasteiger partial charge on any atom is 0.236 e. The molecule has 2 aliphatic rings. The molecule has 31 heavy (non-hydrogen) atoms. The number of likely N-dealkylation sites (N-methyl/N-ethyl adjacent to an activating group) is 1. The Morgan fingerprint density at radius 2 is 1.97 bits per heavy atom. The lowest BCUT2D eigenvalue weighted by Gasteiger charge is -2.34. The number of piperidine rings is 1. The summed E-state index contributed by atoms with van der Waals surface area (Å²) < 4.78 is 6.18. The molecular formula is C26H35N3O2. The third kappa shape index (κ3) is 4.21. The predicted molar refractivity (Wildman–Crippen MR) is 126 cm³/mol. The predicted octanol–water partition coefficient (Wildman–Crippen LogP) is 4.31. The second-order valence-corrected chi connectivity index (χ2v) is 9.60. The molecule has 166 valence electrons. The number of carbonyl (C=O) groups is 1. The Hall–Kier alpha value is -2.37. The molecule has 1 saturated heterocycles. The Labute approximate surface area is 186 Å². The molecule has 0 radical (unpaired) electrons. The number of anilines is 1. The number of ether oxygens (including phenoxy) is 1. The minimum atomic E-state index is -0.520. The minimum absolute atomic E-state index is 0.0700. The molecule has 2 aromatic carbocycles. The van der Waals surface area contributed by atoms with Crippen molar-refractivity contribution < 1.29 is 9.53 Å². The van der Waals surface area contributed by atoms with E-state index in [0.29, 0.717) is 18.6 Å². The van der Waals surface area contributed by atoms with Crippen molar-refractivity contribution in [1.29, 1.82) is 0 Å². The van der Waals surface area contributed by atoms with Crippen LogP contribution in [-0.2, 0) is 16.8 Å². The van der Waals surface area contributed by atoms with E-state index in [2.05, 4.69) is 47.0 Å². The Bertz CT molecular complexity index is 939. The molecule has 0 spiro atoms. The van der Waals surface area contributed by atoms with Gasteiger partial charge in [-0.15, -0.1) is 0 Å². The van der Waals surface area contributed by atoms with Gasteiger partial charge in [-0.25, -0.2) is 0 Å². The molecule has 4 rings (SSSR count). The molecule has 5 heteroatoms. The number of hydrogen-bond acceptors (Lipinski definition) is 4. The van der Waals surface area contributed by atoms with Gasteiger partial charge < -0.3 is 20.3 Å². The van der Waals surface area contributed by atoms with Crippen molar-refractivity contribution in [2.75, 3.05) is 18.5 Å². The van der Waals surface area contributed by atoms with E-state index < -0.39 is 5.41 Å². The summed E-state index contributed by atoms with van der Waals surface area (Å²) in [7, 11) is 1.85. The average Bonchev–Trinajstić information content (AvgIpc) is 2.92. The van der Waals surface area contributed by atoms with Crippen LogP contribution in [0.4, 0.5) is 5.69 Å². The quantitative estimate of drug-likeness (QED) is 0.730. The highest BCUT2D eigenvalue weighted by molar-refractivity contribution is 6.07. The molecule has 0 aliphatic carbocycles. The minimum Gasteiger partial charge on any atom is -0.491 e. The fourth-order valence-corrected chi connectivity index (χ4v) is 4.90. The van der Waals surface area contributed by atoms with Crippen molar-refractivity contribution in [2.45, 2.75) is 70.7 Å². The zero-order valence-electron chi connectivity index (χ0n) is 19.4. The number of fused-ring (bicyclic) bond motifs is 1. The molecule has 2 N–H and O–H groups in total. The summed E-state index contributed by atoms with van der Waals surface area (Å²) in [4.78, 5) is 14.6. The fourth-order valence-electron chi connectivity index (χ4n) is 4.90. The van der Waals surface area contributed by atoms with E-state index in [1.54, 1.807) is 4.90 Å². The second kappa shape index (κ2) is 8.64. The lowest BCUT2D eigenvalue weighted by molar-refractivity contribution is -0.121. The summed E-state index contributed by atoms with van der Waals surface area (Å²) in [5.74, 6) is 0.988. The Morgan fingerprint density at radius 1 is 1.23 bits per heavy atom. The molecular weight excluding hydrogens is 386 g/mol. The van der Waals surface area contributed by atoms with Crippen LogP contribution in [0.1, 0.15) is 63.3 Å². The van der Waals surface area contributed by atoms with E-state index in [1.807, 2.05) is 40.8 Å². The molecule has 5 nitrogen and oxygen atoms in total. The largest absolute Gasteiger partial charge is 0.491 e. The first kappa shape index (κ1) is 21.8. The molecule has 2 unspecified atom stereocenters. The highest BCUT2D eigenvalue weighted by Crippen LogP contribution is 2.44. The summed E-state index contributed by atoms with van der Waals surface area (Å²) in [6, 6.07) is 15.5. The number of amides is 1. The Balaban J connectivity index is 1.61. The summed E-state index contributed by atoms with van der Waals surface area (Å²) in [6.45, 7) is 9.85. The van der Waals surface area contributed by atoms with Crippen LogP contribution in [-0.4, -0.2) is 31.6 Å². The lowest BCUT2D eigenvalue weighted by atomic mass is 9.85. The second-order valence-electron chi connectivity index (χ2n) is 9.60. The maximum atomic E-state index is 12.8. The molecule has 1 fully saturated rings. The highest BCUT2D eigenvalue weighted by Gasteiger charge is 2.43. The third-order valence-electron chi connectivity index (χ3n) is 6.59. The molecule has 2 heterocycles. The number of nitrogens with zero attached hydrogens (tertiary/aromatic N) is 1. The normalized spacial score (nSPS) is 22.6. The van der Waals surface area contributed by atoms with Crippen LogP contribution >= 0.6 is 0 Å². The summed E-state index contributed by atoms with van der Waals surface area (Å²) in [5, 5.41) is 7.49. The van der Waals surface area contributed by atoms with Crippen LogP contribution in [0.2, 0.25) is 0 Å². The van der Waals surface area contributed by atoms with Gasteiger partial charge in [0, 0.05) is 37.3 Å². The standard InChI is InChI=1S/C26H35N3O2/c1-17(2)31-23-15-22-20(26(3,4)25(30)29(22)5)14-19(23)16-28-21-12-9-13-27-24(21)18-10-7-6-8-11-18/h6-8,10-11,14-15,17,21,24,27-28H,9,12-13,16H2,1-5H3. The SMILES string of the molecule is CC(C)Oc1cc2c(cc1CNC1CCCNC1c1ccccc1)C(C)(C)C(=O)N2C.